The summed E-state index contributed by atoms with van der Waals surface area (Å²) in [6.45, 7) is 3.56. The van der Waals surface area contributed by atoms with Gasteiger partial charge in [-0.05, 0) is 49.2 Å². The van der Waals surface area contributed by atoms with Crippen LogP contribution in [0.15, 0.2) is 119 Å². The summed E-state index contributed by atoms with van der Waals surface area (Å²) in [4.78, 5) is 13.9. The van der Waals surface area contributed by atoms with Gasteiger partial charge < -0.3 is 4.74 Å². The van der Waals surface area contributed by atoms with Crippen molar-refractivity contribution in [3.8, 4) is 0 Å². The lowest BCUT2D eigenvalue weighted by molar-refractivity contribution is 0.0823. The highest BCUT2D eigenvalue weighted by Gasteiger charge is 2.56. The van der Waals surface area contributed by atoms with Crippen molar-refractivity contribution in [3.63, 3.8) is 0 Å². The van der Waals surface area contributed by atoms with Gasteiger partial charge in [0, 0.05) is 0 Å². The van der Waals surface area contributed by atoms with Crippen LogP contribution in [0.5, 0.6) is 0 Å². The van der Waals surface area contributed by atoms with E-state index in [0.29, 0.717) is 14.2 Å². The van der Waals surface area contributed by atoms with Gasteiger partial charge in [0.2, 0.25) is 0 Å². The lowest BCUT2D eigenvalue weighted by Gasteiger charge is -2.27. The molecule has 1 aliphatic heterocycles. The number of carbonyl (C=O) groups excluding carboxylic acids is 1. The maximum Gasteiger partial charge on any atom is 0.348 e. The standard InChI is InChI=1S/C31H30N2O6S2/c1-23-13-17-27(18-14-23)40(35,36)32-29(22-39-21-25-9-5-3-6-10-25)30(26-11-7-4-8-12-26)33(31(32)34)41(37,38)28-19-15-24(2)16-20-28/h3-20,29-30H,21-22H2,1-2H3/t29-,30-/m1/s1. The molecule has 0 spiro atoms. The van der Waals surface area contributed by atoms with Crippen LogP contribution in [0, 0.1) is 13.8 Å². The van der Waals surface area contributed by atoms with Crippen LogP contribution >= 0.6 is 0 Å². The summed E-state index contributed by atoms with van der Waals surface area (Å²) in [7, 11) is -8.95. The molecule has 2 amide bonds. The minimum Gasteiger partial charge on any atom is -0.374 e. The third-order valence-corrected chi connectivity index (χ3v) is 10.6. The molecule has 4 aromatic rings. The molecule has 2 atom stereocenters. The highest BCUT2D eigenvalue weighted by Crippen LogP contribution is 2.42. The lowest BCUT2D eigenvalue weighted by Crippen LogP contribution is -2.42. The number of sulfonamides is 2. The van der Waals surface area contributed by atoms with Crippen LogP contribution in [-0.4, -0.2) is 44.1 Å². The monoisotopic (exact) mass is 590 g/mol. The molecule has 0 unspecified atom stereocenters. The van der Waals surface area contributed by atoms with Crippen LogP contribution in [0.1, 0.15) is 28.3 Å². The van der Waals surface area contributed by atoms with Crippen LogP contribution in [0.2, 0.25) is 0 Å². The lowest BCUT2D eigenvalue weighted by atomic mass is 10.0. The summed E-state index contributed by atoms with van der Waals surface area (Å²) >= 11 is 0. The molecule has 0 aliphatic carbocycles. The van der Waals surface area contributed by atoms with Crippen LogP contribution in [0.3, 0.4) is 0 Å². The van der Waals surface area contributed by atoms with Crippen molar-refractivity contribution in [3.05, 3.63) is 131 Å². The van der Waals surface area contributed by atoms with E-state index < -0.39 is 38.2 Å². The molecule has 5 rings (SSSR count). The van der Waals surface area contributed by atoms with E-state index in [4.69, 9.17) is 4.74 Å². The van der Waals surface area contributed by atoms with E-state index in [0.717, 1.165) is 16.7 Å². The van der Waals surface area contributed by atoms with Crippen molar-refractivity contribution < 1.29 is 26.4 Å². The molecule has 0 N–H and O–H groups in total. The number of amides is 2. The van der Waals surface area contributed by atoms with Crippen LogP contribution in [0.25, 0.3) is 0 Å². The molecule has 0 bridgehead atoms. The second-order valence-electron chi connectivity index (χ2n) is 9.93. The average Bonchev–Trinajstić information content (AvgIpc) is 3.27. The quantitative estimate of drug-likeness (QED) is 0.257. The van der Waals surface area contributed by atoms with E-state index in [9.17, 15) is 21.6 Å². The molecule has 212 valence electrons. The largest absolute Gasteiger partial charge is 0.374 e. The first-order valence-electron chi connectivity index (χ1n) is 13.0. The zero-order valence-electron chi connectivity index (χ0n) is 22.6. The van der Waals surface area contributed by atoms with Crippen LogP contribution < -0.4 is 0 Å². The number of ether oxygens (including phenoxy) is 1. The average molecular weight is 591 g/mol. The highest BCUT2D eigenvalue weighted by atomic mass is 32.2. The molecule has 1 aliphatic rings. The molecule has 8 nitrogen and oxygen atoms in total. The number of hydrogen-bond acceptors (Lipinski definition) is 6. The van der Waals surface area contributed by atoms with Gasteiger partial charge in [-0.25, -0.2) is 30.2 Å². The van der Waals surface area contributed by atoms with Gasteiger partial charge in [-0.2, -0.15) is 0 Å². The molecule has 4 aromatic carbocycles. The summed E-state index contributed by atoms with van der Waals surface area (Å²) in [5.74, 6) is 0. The van der Waals surface area contributed by atoms with Crippen LogP contribution in [-0.2, 0) is 31.4 Å². The molecule has 0 saturated carbocycles. The Labute approximate surface area is 240 Å². The first-order valence-corrected chi connectivity index (χ1v) is 15.9. The van der Waals surface area contributed by atoms with Gasteiger partial charge in [0.15, 0.2) is 0 Å². The molecule has 1 heterocycles. The second-order valence-corrected chi connectivity index (χ2v) is 13.6. The Hall–Kier alpha value is -3.99. The summed E-state index contributed by atoms with van der Waals surface area (Å²) in [6, 6.07) is 26.5. The topological polar surface area (TPSA) is 101 Å². The first kappa shape index (κ1) is 28.5. The number of benzene rings is 4. The Kier molecular flexibility index (Phi) is 7.99. The highest BCUT2D eigenvalue weighted by molar-refractivity contribution is 7.91. The third-order valence-electron chi connectivity index (χ3n) is 6.99. The number of hydrogen-bond donors (Lipinski definition) is 0. The van der Waals surface area contributed by atoms with Crippen molar-refractivity contribution in [2.75, 3.05) is 6.61 Å². The van der Waals surface area contributed by atoms with Crippen molar-refractivity contribution >= 4 is 26.1 Å². The van der Waals surface area contributed by atoms with E-state index >= 15 is 0 Å². The fourth-order valence-corrected chi connectivity index (χ4v) is 8.01. The SMILES string of the molecule is Cc1ccc(S(=O)(=O)N2C(=O)N(S(=O)(=O)c3ccc(C)cc3)[C@H](c3ccccc3)[C@H]2COCc2ccccc2)cc1. The smallest absolute Gasteiger partial charge is 0.348 e. The maximum atomic E-state index is 14.1. The van der Waals surface area contributed by atoms with E-state index in [-0.39, 0.29) is 23.0 Å². The molecule has 0 aromatic heterocycles. The number of nitrogens with zero attached hydrogens (tertiary/aromatic N) is 2. The number of aryl methyl sites for hydroxylation is 2. The Morgan fingerprint density at radius 3 is 1.61 bits per heavy atom. The van der Waals surface area contributed by atoms with Gasteiger partial charge in [0.1, 0.15) is 0 Å². The van der Waals surface area contributed by atoms with E-state index in [1.807, 2.05) is 44.2 Å². The Morgan fingerprint density at radius 1 is 0.634 bits per heavy atom. The van der Waals surface area contributed by atoms with Crippen molar-refractivity contribution in [1.29, 1.82) is 0 Å². The fraction of sp³-hybridized carbons (Fsp3) is 0.194. The zero-order valence-corrected chi connectivity index (χ0v) is 24.3. The normalized spacial score (nSPS) is 17.7. The third kappa shape index (κ3) is 5.63. The predicted molar refractivity (Wildman–Crippen MR) is 155 cm³/mol. The summed E-state index contributed by atoms with van der Waals surface area (Å²) in [5.41, 5.74) is 2.99. The van der Waals surface area contributed by atoms with Crippen molar-refractivity contribution in [1.82, 2.24) is 8.61 Å². The maximum absolute atomic E-state index is 14.1. The number of carbonyl (C=O) groups is 1. The van der Waals surface area contributed by atoms with Crippen LogP contribution in [0.4, 0.5) is 4.79 Å². The summed E-state index contributed by atoms with van der Waals surface area (Å²) < 4.78 is 63.6. The predicted octanol–water partition coefficient (Wildman–Crippen LogP) is 5.45. The summed E-state index contributed by atoms with van der Waals surface area (Å²) in [5, 5.41) is 0. The molecular formula is C31H30N2O6S2. The van der Waals surface area contributed by atoms with Crippen molar-refractivity contribution in [2.24, 2.45) is 0 Å². The van der Waals surface area contributed by atoms with Gasteiger partial charge in [0.25, 0.3) is 20.0 Å². The van der Waals surface area contributed by atoms with Gasteiger partial charge in [-0.1, -0.05) is 96.1 Å². The van der Waals surface area contributed by atoms with E-state index in [1.165, 1.54) is 24.3 Å². The number of urea groups is 1. The summed E-state index contributed by atoms with van der Waals surface area (Å²) in [6.07, 6.45) is 0. The molecule has 0 radical (unpaired) electrons. The van der Waals surface area contributed by atoms with Gasteiger partial charge in [-0.15, -0.1) is 0 Å². The van der Waals surface area contributed by atoms with Gasteiger partial charge >= 0.3 is 6.03 Å². The minimum atomic E-state index is -4.47. The van der Waals surface area contributed by atoms with E-state index in [1.54, 1.807) is 54.6 Å². The second kappa shape index (κ2) is 11.5. The Morgan fingerprint density at radius 2 is 1.10 bits per heavy atom. The molecule has 1 saturated heterocycles. The van der Waals surface area contributed by atoms with Crippen molar-refractivity contribution in [2.45, 2.75) is 42.3 Å². The van der Waals surface area contributed by atoms with E-state index in [2.05, 4.69) is 0 Å². The first-order chi connectivity index (χ1) is 19.6. The molecule has 10 heteroatoms. The Balaban J connectivity index is 1.65. The van der Waals surface area contributed by atoms with Gasteiger partial charge in [0.05, 0.1) is 35.1 Å². The zero-order chi connectivity index (χ0) is 29.2. The fourth-order valence-electron chi connectivity index (χ4n) is 4.86. The minimum absolute atomic E-state index is 0.115. The Bertz CT molecular complexity index is 1730. The number of rotatable bonds is 9. The van der Waals surface area contributed by atoms with Gasteiger partial charge in [-0.3, -0.25) is 0 Å². The molecule has 41 heavy (non-hydrogen) atoms. The molecule has 1 fully saturated rings. The molecular weight excluding hydrogens is 560 g/mol.